The quantitative estimate of drug-likeness (QED) is 0.136. The van der Waals surface area contributed by atoms with Crippen molar-refractivity contribution < 1.29 is 114 Å². The molecule has 2 unspecified atom stereocenters. The van der Waals surface area contributed by atoms with Gasteiger partial charge in [-0.1, -0.05) is 0 Å². The molecule has 0 spiro atoms. The fourth-order valence-electron chi connectivity index (χ4n) is 2.69. The number of alkyl halides is 26. The zero-order valence-corrected chi connectivity index (χ0v) is 22.3. The maximum absolute atomic E-state index is 14.1. The summed E-state index contributed by atoms with van der Waals surface area (Å²) in [6.45, 7) is -1.52. The van der Waals surface area contributed by atoms with Crippen molar-refractivity contribution in [2.45, 2.75) is 93.3 Å². The topological polar surface area (TPSA) is 0 Å². The first-order valence-electron chi connectivity index (χ1n) is 9.72. The van der Waals surface area contributed by atoms with E-state index in [1.165, 1.54) is 0 Å². The third kappa shape index (κ3) is 5.65. The van der Waals surface area contributed by atoms with Gasteiger partial charge in [-0.15, -0.1) is 0 Å². The molecule has 0 rings (SSSR count). The Balaban J connectivity index is 6.71. The molecule has 0 fully saturated rings. The summed E-state index contributed by atoms with van der Waals surface area (Å²) in [5.41, 5.74) is 0. The van der Waals surface area contributed by atoms with Crippen LogP contribution in [0, 0.1) is 0 Å². The van der Waals surface area contributed by atoms with Crippen LogP contribution in [0.1, 0.15) is 13.8 Å². The van der Waals surface area contributed by atoms with Crippen LogP contribution < -0.4 is 0 Å². The molecule has 0 aliphatic rings. The van der Waals surface area contributed by atoms with Crippen LogP contribution in [0.2, 0.25) is 7.87 Å². The van der Waals surface area contributed by atoms with Gasteiger partial charge < -0.3 is 0 Å². The van der Waals surface area contributed by atoms with Gasteiger partial charge in [0.25, 0.3) is 0 Å². The van der Waals surface area contributed by atoms with E-state index >= 15 is 0 Å². The molecule has 43 heavy (non-hydrogen) atoms. The molecule has 0 bridgehead atoms. The van der Waals surface area contributed by atoms with Crippen LogP contribution in [0.25, 0.3) is 0 Å². The maximum atomic E-state index is 14.1. The van der Waals surface area contributed by atoms with E-state index in [1.54, 1.807) is 0 Å². The minimum absolute atomic E-state index is 0.758. The normalized spacial score (nSPS) is 18.0. The van der Waals surface area contributed by atoms with Crippen molar-refractivity contribution in [3.05, 3.63) is 0 Å². The molecule has 0 saturated heterocycles. The molecule has 0 amide bonds. The van der Waals surface area contributed by atoms with Crippen LogP contribution in [0.4, 0.5) is 114 Å². The third-order valence-electron chi connectivity index (χ3n) is 5.50. The van der Waals surface area contributed by atoms with Gasteiger partial charge >= 0.3 is 229 Å². The Labute approximate surface area is 229 Å². The van der Waals surface area contributed by atoms with Crippen LogP contribution in [0.3, 0.4) is 0 Å². The zero-order valence-electron chi connectivity index (χ0n) is 19.5. The zero-order chi connectivity index (χ0) is 35.9. The van der Waals surface area contributed by atoms with Crippen LogP contribution in [0.5, 0.6) is 0 Å². The van der Waals surface area contributed by atoms with E-state index in [-0.39, 0.29) is 0 Å². The summed E-state index contributed by atoms with van der Waals surface area (Å²) in [7, 11) is 0. The summed E-state index contributed by atoms with van der Waals surface area (Å²) in [4.78, 5) is 0. The summed E-state index contributed by atoms with van der Waals surface area (Å²) >= 11 is -5.25. The van der Waals surface area contributed by atoms with Crippen LogP contribution in [0.15, 0.2) is 0 Å². The van der Waals surface area contributed by atoms with Crippen molar-refractivity contribution in [2.75, 3.05) is 0 Å². The van der Waals surface area contributed by atoms with Crippen LogP contribution in [-0.2, 0) is 0 Å². The number of halogens is 26. The van der Waals surface area contributed by atoms with Crippen LogP contribution >= 0.6 is 0 Å². The molecule has 0 heterocycles. The molecular formula is C16H8F26Sn+2. The van der Waals surface area contributed by atoms with Gasteiger partial charge in [-0.05, 0) is 0 Å². The van der Waals surface area contributed by atoms with E-state index < -0.39 is 114 Å². The van der Waals surface area contributed by atoms with Gasteiger partial charge in [-0.25, -0.2) is 0 Å². The molecule has 0 aromatic carbocycles. The van der Waals surface area contributed by atoms with Gasteiger partial charge in [0, 0.05) is 0 Å². The number of rotatable bonds is 12. The molecule has 2 atom stereocenters. The summed E-state index contributed by atoms with van der Waals surface area (Å²) in [6.07, 6.45) is -15.7. The summed E-state index contributed by atoms with van der Waals surface area (Å²) < 4.78 is 334. The van der Waals surface area contributed by atoms with Gasteiger partial charge in [0.05, 0.1) is 0 Å². The molecule has 0 aliphatic carbocycles. The molecule has 0 aromatic rings. The Morgan fingerprint density at radius 2 is 0.442 bits per heavy atom. The molecule has 0 radical (unpaired) electrons. The van der Waals surface area contributed by atoms with Gasteiger partial charge in [-0.2, -0.15) is 0 Å². The first-order chi connectivity index (χ1) is 18.0. The summed E-state index contributed by atoms with van der Waals surface area (Å²) in [6, 6.07) is 0. The standard InChI is InChI=1S/2C8H4F13.Sn/c2*1-2-3(9,10)4(11,12)5(13,14)6(15,16)7(17,18)8(19,20)21;/h2*2H,1H3;/q;;+2. The predicted molar refractivity (Wildman–Crippen MR) is 86.2 cm³/mol. The van der Waals surface area contributed by atoms with Gasteiger partial charge in [-0.3, -0.25) is 0 Å². The summed E-state index contributed by atoms with van der Waals surface area (Å²) in [5.74, 6) is -81.2. The average Bonchev–Trinajstić information content (AvgIpc) is 2.76. The molecule has 0 aromatic heterocycles. The monoisotopic (exact) mass is 814 g/mol. The van der Waals surface area contributed by atoms with Gasteiger partial charge in [0.2, 0.25) is 0 Å². The van der Waals surface area contributed by atoms with Crippen LogP contribution in [-0.4, -0.2) is 92.7 Å². The first-order valence-corrected chi connectivity index (χ1v) is 13.0. The van der Waals surface area contributed by atoms with Crippen molar-refractivity contribution in [1.82, 2.24) is 0 Å². The first kappa shape index (κ1) is 42.0. The molecule has 0 saturated carbocycles. The van der Waals surface area contributed by atoms with Crippen molar-refractivity contribution in [3.8, 4) is 0 Å². The fourth-order valence-corrected chi connectivity index (χ4v) is 7.06. The second kappa shape index (κ2) is 10.8. The Morgan fingerprint density at radius 3 is 0.605 bits per heavy atom. The Hall–Kier alpha value is -1.02. The Kier molecular flexibility index (Phi) is 10.5. The SMILES string of the molecule is C[CH]([Sn+2][CH](C)C(F)(F)C(F)(F)C(F)(F)C(F)(F)C(F)(F)C(F)(F)F)C(F)(F)C(F)(F)C(F)(F)C(F)(F)C(F)(F)C(F)(F)F. The molecular weight excluding hydrogens is 805 g/mol. The molecule has 0 N–H and O–H groups in total. The molecule has 27 heteroatoms. The van der Waals surface area contributed by atoms with Gasteiger partial charge in [0.15, 0.2) is 0 Å². The predicted octanol–water partition coefficient (Wildman–Crippen LogP) is 9.79. The van der Waals surface area contributed by atoms with E-state index in [1.807, 2.05) is 0 Å². The minimum atomic E-state index is -8.50. The molecule has 0 aliphatic heterocycles. The molecule has 0 nitrogen and oxygen atoms in total. The Bertz CT molecular complexity index is 906. The fraction of sp³-hybridized carbons (Fsp3) is 1.00. The third-order valence-corrected chi connectivity index (χ3v) is 10.4. The van der Waals surface area contributed by atoms with Crippen molar-refractivity contribution in [1.29, 1.82) is 0 Å². The number of hydrogen-bond donors (Lipinski definition) is 0. The van der Waals surface area contributed by atoms with Crippen molar-refractivity contribution in [3.63, 3.8) is 0 Å². The second-order valence-electron chi connectivity index (χ2n) is 8.45. The molecule has 256 valence electrons. The average molecular weight is 813 g/mol. The van der Waals surface area contributed by atoms with Crippen molar-refractivity contribution in [2.24, 2.45) is 0 Å². The van der Waals surface area contributed by atoms with E-state index in [0.29, 0.717) is 0 Å². The van der Waals surface area contributed by atoms with E-state index in [4.69, 9.17) is 0 Å². The van der Waals surface area contributed by atoms with Gasteiger partial charge in [0.1, 0.15) is 0 Å². The summed E-state index contributed by atoms with van der Waals surface area (Å²) in [5, 5.41) is 0. The second-order valence-corrected chi connectivity index (χ2v) is 14.3. The van der Waals surface area contributed by atoms with E-state index in [9.17, 15) is 114 Å². The Morgan fingerprint density at radius 1 is 0.279 bits per heavy atom. The van der Waals surface area contributed by atoms with E-state index in [2.05, 4.69) is 0 Å². The van der Waals surface area contributed by atoms with Crippen molar-refractivity contribution >= 4 is 21.1 Å². The number of hydrogen-bond acceptors (Lipinski definition) is 0. The van der Waals surface area contributed by atoms with E-state index in [0.717, 1.165) is 0 Å².